The van der Waals surface area contributed by atoms with Crippen LogP contribution in [-0.2, 0) is 16.0 Å². The fraction of sp³-hybridized carbons (Fsp3) is 0.115. The third-order valence-corrected chi connectivity index (χ3v) is 5.96. The van der Waals surface area contributed by atoms with Gasteiger partial charge < -0.3 is 20.0 Å². The van der Waals surface area contributed by atoms with Crippen molar-refractivity contribution in [1.82, 2.24) is 0 Å². The number of nitrogens with two attached hydrogens (primary N) is 1. The predicted octanol–water partition coefficient (Wildman–Crippen LogP) is 3.97. The molecule has 0 atom stereocenters. The summed E-state index contributed by atoms with van der Waals surface area (Å²) in [5.41, 5.74) is 9.53. The van der Waals surface area contributed by atoms with Crippen molar-refractivity contribution in [3.8, 4) is 11.1 Å². The number of carbonyl (C=O) groups is 2. The number of ether oxygens (including phenoxy) is 1. The molecule has 0 radical (unpaired) electrons. The van der Waals surface area contributed by atoms with Crippen molar-refractivity contribution in [3.63, 3.8) is 0 Å². The lowest BCUT2D eigenvalue weighted by molar-refractivity contribution is -0.136. The molecule has 1 aliphatic carbocycles. The maximum atomic E-state index is 12.8. The summed E-state index contributed by atoms with van der Waals surface area (Å²) in [6.45, 7) is 0.154. The average molecular weight is 441 g/mol. The minimum Gasteiger partial charge on any atom is -0.481 e. The van der Waals surface area contributed by atoms with Crippen LogP contribution in [-0.4, -0.2) is 23.7 Å². The van der Waals surface area contributed by atoms with Crippen LogP contribution in [0.3, 0.4) is 0 Å². The number of nitrogen functional groups attached to an aromatic ring is 1. The molecular formula is C26H19NO6. The number of carboxylic acid groups (broad SMARTS) is 1. The van der Waals surface area contributed by atoms with Gasteiger partial charge in [0.15, 0.2) is 0 Å². The zero-order valence-electron chi connectivity index (χ0n) is 17.4. The monoisotopic (exact) mass is 441 g/mol. The average Bonchev–Trinajstić information content (AvgIpc) is 3.13. The minimum atomic E-state index is -1.13. The lowest BCUT2D eigenvalue weighted by Gasteiger charge is -2.14. The highest BCUT2D eigenvalue weighted by Gasteiger charge is 2.29. The lowest BCUT2D eigenvalue weighted by atomic mass is 9.98. The largest absolute Gasteiger partial charge is 0.481 e. The third kappa shape index (κ3) is 3.53. The maximum Gasteiger partial charge on any atom is 0.359 e. The molecule has 1 heterocycles. The fourth-order valence-corrected chi connectivity index (χ4v) is 4.43. The van der Waals surface area contributed by atoms with Crippen molar-refractivity contribution >= 4 is 28.6 Å². The Morgan fingerprint density at radius 3 is 2.24 bits per heavy atom. The first-order chi connectivity index (χ1) is 15.9. The molecule has 1 aromatic heterocycles. The van der Waals surface area contributed by atoms with Crippen molar-refractivity contribution < 1.29 is 23.8 Å². The van der Waals surface area contributed by atoms with Crippen LogP contribution in [0.4, 0.5) is 5.69 Å². The summed E-state index contributed by atoms with van der Waals surface area (Å²) in [4.78, 5) is 36.0. The van der Waals surface area contributed by atoms with Gasteiger partial charge in [0, 0.05) is 16.9 Å². The summed E-state index contributed by atoms with van der Waals surface area (Å²) < 4.78 is 10.8. The second kappa shape index (κ2) is 7.94. The molecule has 33 heavy (non-hydrogen) atoms. The number of benzene rings is 3. The molecule has 7 nitrogen and oxygen atoms in total. The van der Waals surface area contributed by atoms with Crippen LogP contribution >= 0.6 is 0 Å². The third-order valence-electron chi connectivity index (χ3n) is 5.96. The van der Waals surface area contributed by atoms with E-state index < -0.39 is 24.0 Å². The summed E-state index contributed by atoms with van der Waals surface area (Å²) in [7, 11) is 0. The molecular weight excluding hydrogens is 422 g/mol. The second-order valence-corrected chi connectivity index (χ2v) is 7.89. The Kier molecular flexibility index (Phi) is 4.94. The van der Waals surface area contributed by atoms with Gasteiger partial charge in [0.05, 0.1) is 12.0 Å². The van der Waals surface area contributed by atoms with Gasteiger partial charge in [-0.1, -0.05) is 48.5 Å². The minimum absolute atomic E-state index is 0.0801. The number of hydrogen-bond donors (Lipinski definition) is 2. The molecule has 0 amide bonds. The van der Waals surface area contributed by atoms with Crippen molar-refractivity contribution in [1.29, 1.82) is 0 Å². The maximum absolute atomic E-state index is 12.8. The topological polar surface area (TPSA) is 120 Å². The van der Waals surface area contributed by atoms with Gasteiger partial charge in [-0.3, -0.25) is 4.79 Å². The van der Waals surface area contributed by atoms with E-state index in [1.165, 1.54) is 18.2 Å². The summed E-state index contributed by atoms with van der Waals surface area (Å²) in [6.07, 6.45) is -0.432. The van der Waals surface area contributed by atoms with Gasteiger partial charge in [-0.05, 0) is 40.5 Å². The zero-order valence-corrected chi connectivity index (χ0v) is 17.4. The normalized spacial score (nSPS) is 12.4. The summed E-state index contributed by atoms with van der Waals surface area (Å²) in [5.74, 6) is -1.78. The zero-order chi connectivity index (χ0) is 23.1. The van der Waals surface area contributed by atoms with E-state index in [9.17, 15) is 14.4 Å². The van der Waals surface area contributed by atoms with E-state index in [1.807, 2.05) is 36.4 Å². The standard InChI is InChI=1S/C26H19NO6/c27-24-20(12-23(28)29)19-10-9-14(11-22(19)33-26(24)31)25(30)32-13-21-17-7-3-1-5-15(17)16-6-2-4-8-18(16)21/h1-11,21H,12-13,27H2,(H,28,29). The highest BCUT2D eigenvalue weighted by Crippen LogP contribution is 2.44. The van der Waals surface area contributed by atoms with Crippen LogP contribution in [0.5, 0.6) is 0 Å². The number of carbonyl (C=O) groups excluding carboxylic acids is 1. The van der Waals surface area contributed by atoms with Crippen molar-refractivity contribution in [2.45, 2.75) is 12.3 Å². The van der Waals surface area contributed by atoms with E-state index in [4.69, 9.17) is 20.0 Å². The molecule has 0 spiro atoms. The Morgan fingerprint density at radius 1 is 0.970 bits per heavy atom. The van der Waals surface area contributed by atoms with Crippen LogP contribution in [0, 0.1) is 0 Å². The van der Waals surface area contributed by atoms with Crippen LogP contribution in [0.2, 0.25) is 0 Å². The Balaban J connectivity index is 1.43. The summed E-state index contributed by atoms with van der Waals surface area (Å²) in [5, 5.41) is 9.50. The quantitative estimate of drug-likeness (QED) is 0.355. The molecule has 3 aromatic carbocycles. The van der Waals surface area contributed by atoms with E-state index >= 15 is 0 Å². The Labute approximate surface area is 188 Å². The molecule has 0 fully saturated rings. The molecule has 7 heteroatoms. The van der Waals surface area contributed by atoms with Gasteiger partial charge in [-0.2, -0.15) is 0 Å². The van der Waals surface area contributed by atoms with Gasteiger partial charge in [-0.25, -0.2) is 9.59 Å². The highest BCUT2D eigenvalue weighted by molar-refractivity contribution is 5.96. The highest BCUT2D eigenvalue weighted by atomic mass is 16.5. The molecule has 0 saturated carbocycles. The Morgan fingerprint density at radius 2 is 1.61 bits per heavy atom. The number of anilines is 1. The molecule has 1 aliphatic rings. The van der Waals surface area contributed by atoms with E-state index in [0.717, 1.165) is 22.3 Å². The molecule has 0 saturated heterocycles. The van der Waals surface area contributed by atoms with Gasteiger partial charge >= 0.3 is 17.6 Å². The summed E-state index contributed by atoms with van der Waals surface area (Å²) in [6, 6.07) is 20.5. The van der Waals surface area contributed by atoms with E-state index in [0.29, 0.717) is 5.39 Å². The molecule has 164 valence electrons. The molecule has 5 rings (SSSR count). The smallest absolute Gasteiger partial charge is 0.359 e. The van der Waals surface area contributed by atoms with Gasteiger partial charge in [-0.15, -0.1) is 0 Å². The number of fused-ring (bicyclic) bond motifs is 4. The second-order valence-electron chi connectivity index (χ2n) is 7.89. The Hall–Kier alpha value is -4.39. The first-order valence-corrected chi connectivity index (χ1v) is 10.4. The van der Waals surface area contributed by atoms with Crippen LogP contribution in [0.25, 0.3) is 22.1 Å². The number of aliphatic carboxylic acids is 1. The molecule has 0 unspecified atom stereocenters. The molecule has 0 aliphatic heterocycles. The first kappa shape index (κ1) is 20.5. The molecule has 0 bridgehead atoms. The van der Waals surface area contributed by atoms with Crippen LogP contribution in [0.1, 0.15) is 33.0 Å². The van der Waals surface area contributed by atoms with Gasteiger partial charge in [0.25, 0.3) is 0 Å². The molecule has 3 N–H and O–H groups in total. The van der Waals surface area contributed by atoms with Crippen molar-refractivity contribution in [2.24, 2.45) is 0 Å². The SMILES string of the molecule is Nc1c(CC(=O)O)c2ccc(C(=O)OCC3c4ccccc4-c4ccccc43)cc2oc1=O. The number of hydrogen-bond acceptors (Lipinski definition) is 6. The van der Waals surface area contributed by atoms with E-state index in [2.05, 4.69) is 12.1 Å². The van der Waals surface area contributed by atoms with Crippen LogP contribution < -0.4 is 11.4 Å². The van der Waals surface area contributed by atoms with E-state index in [1.54, 1.807) is 0 Å². The number of esters is 1. The Bertz CT molecular complexity index is 1440. The van der Waals surface area contributed by atoms with Crippen LogP contribution in [0.15, 0.2) is 75.9 Å². The lowest BCUT2D eigenvalue weighted by Crippen LogP contribution is -2.15. The molecule has 4 aromatic rings. The summed E-state index contributed by atoms with van der Waals surface area (Å²) >= 11 is 0. The van der Waals surface area contributed by atoms with Gasteiger partial charge in [0.2, 0.25) is 0 Å². The van der Waals surface area contributed by atoms with E-state index in [-0.39, 0.29) is 34.9 Å². The predicted molar refractivity (Wildman–Crippen MR) is 122 cm³/mol. The fourth-order valence-electron chi connectivity index (χ4n) is 4.43. The van der Waals surface area contributed by atoms with Gasteiger partial charge in [0.1, 0.15) is 17.9 Å². The number of carboxylic acids is 1. The first-order valence-electron chi connectivity index (χ1n) is 10.4. The van der Waals surface area contributed by atoms with Crippen molar-refractivity contribution in [2.75, 3.05) is 12.3 Å². The van der Waals surface area contributed by atoms with Crippen molar-refractivity contribution in [3.05, 3.63) is 99.4 Å². The number of rotatable bonds is 5.